The van der Waals surface area contributed by atoms with Crippen LogP contribution in [0.3, 0.4) is 0 Å². The van der Waals surface area contributed by atoms with Crippen LogP contribution in [0.5, 0.6) is 0 Å². The number of rotatable bonds is 4. The molecule has 2 aromatic rings. The Morgan fingerprint density at radius 3 is 2.54 bits per heavy atom. The molecule has 128 valence electrons. The van der Waals surface area contributed by atoms with Gasteiger partial charge in [-0.15, -0.1) is 0 Å². The first-order chi connectivity index (χ1) is 11.4. The maximum Gasteiger partial charge on any atom is 0.221 e. The Balaban J connectivity index is 1.77. The van der Waals surface area contributed by atoms with Crippen LogP contribution in [0.1, 0.15) is 23.4 Å². The number of aromatic nitrogens is 1. The predicted molar refractivity (Wildman–Crippen MR) is 84.4 cm³/mol. The number of halogens is 2. The van der Waals surface area contributed by atoms with E-state index in [2.05, 4.69) is 5.16 Å². The number of aryl methyl sites for hydroxylation is 1. The smallest absolute Gasteiger partial charge is 0.221 e. The van der Waals surface area contributed by atoms with Gasteiger partial charge in [0.2, 0.25) is 10.0 Å². The first-order valence-electron chi connectivity index (χ1n) is 7.40. The summed E-state index contributed by atoms with van der Waals surface area (Å²) in [6.45, 7) is 1.94. The number of hydrogen-bond donors (Lipinski definition) is 0. The molecule has 0 bridgehead atoms. The highest BCUT2D eigenvalue weighted by Gasteiger charge is 2.27. The molecule has 3 rings (SSSR count). The number of sulfonamides is 1. The topological polar surface area (TPSA) is 63.4 Å². The van der Waals surface area contributed by atoms with Gasteiger partial charge in [-0.25, -0.2) is 17.2 Å². The van der Waals surface area contributed by atoms with Gasteiger partial charge in [-0.1, -0.05) is 17.3 Å². The van der Waals surface area contributed by atoms with Crippen molar-refractivity contribution in [1.29, 1.82) is 0 Å². The van der Waals surface area contributed by atoms with Crippen molar-refractivity contribution in [2.45, 2.75) is 19.1 Å². The summed E-state index contributed by atoms with van der Waals surface area (Å²) in [6, 6.07) is 5.24. The number of benzene rings is 1. The van der Waals surface area contributed by atoms with Crippen LogP contribution in [0.15, 0.2) is 34.9 Å². The molecule has 1 aromatic carbocycles. The lowest BCUT2D eigenvalue weighted by Crippen LogP contribution is -2.35. The van der Waals surface area contributed by atoms with Crippen molar-refractivity contribution in [3.05, 3.63) is 59.0 Å². The Labute approximate surface area is 138 Å². The second-order valence-corrected chi connectivity index (χ2v) is 7.59. The van der Waals surface area contributed by atoms with Crippen molar-refractivity contribution in [2.75, 3.05) is 13.1 Å². The van der Waals surface area contributed by atoms with Crippen LogP contribution in [0, 0.1) is 18.6 Å². The van der Waals surface area contributed by atoms with Gasteiger partial charge in [0.15, 0.2) is 5.76 Å². The fourth-order valence-corrected chi connectivity index (χ4v) is 4.04. The molecule has 0 aliphatic carbocycles. The summed E-state index contributed by atoms with van der Waals surface area (Å²) in [7, 11) is -3.58. The van der Waals surface area contributed by atoms with E-state index in [1.807, 2.05) is 0 Å². The van der Waals surface area contributed by atoms with E-state index in [1.165, 1.54) is 22.5 Å². The van der Waals surface area contributed by atoms with E-state index in [-0.39, 0.29) is 36.6 Å². The quantitative estimate of drug-likeness (QED) is 0.847. The maximum atomic E-state index is 13.8. The molecule has 0 spiro atoms. The summed E-state index contributed by atoms with van der Waals surface area (Å²) in [5.41, 5.74) is 1.00. The van der Waals surface area contributed by atoms with Gasteiger partial charge in [0, 0.05) is 24.7 Å². The minimum Gasteiger partial charge on any atom is -0.360 e. The summed E-state index contributed by atoms with van der Waals surface area (Å²) in [5, 5.41) is 3.66. The Morgan fingerprint density at radius 2 is 2.00 bits per heavy atom. The molecule has 0 amide bonds. The third-order valence-corrected chi connectivity index (χ3v) is 5.62. The van der Waals surface area contributed by atoms with Gasteiger partial charge in [0.05, 0.1) is 5.69 Å². The van der Waals surface area contributed by atoms with E-state index in [0.717, 1.165) is 0 Å². The second-order valence-electron chi connectivity index (χ2n) is 5.62. The monoisotopic (exact) mass is 354 g/mol. The minimum absolute atomic E-state index is 0.0680. The molecule has 8 heteroatoms. The van der Waals surface area contributed by atoms with E-state index < -0.39 is 21.7 Å². The molecule has 24 heavy (non-hydrogen) atoms. The van der Waals surface area contributed by atoms with Crippen LogP contribution < -0.4 is 0 Å². The lowest BCUT2D eigenvalue weighted by Gasteiger charge is -2.25. The molecule has 0 fully saturated rings. The third kappa shape index (κ3) is 3.39. The van der Waals surface area contributed by atoms with Crippen LogP contribution in [0.25, 0.3) is 5.57 Å². The van der Waals surface area contributed by atoms with Gasteiger partial charge in [0.1, 0.15) is 17.4 Å². The molecule has 1 aliphatic rings. The van der Waals surface area contributed by atoms with Gasteiger partial charge >= 0.3 is 0 Å². The van der Waals surface area contributed by atoms with Crippen LogP contribution >= 0.6 is 0 Å². The van der Waals surface area contributed by atoms with Crippen LogP contribution in [0.2, 0.25) is 0 Å². The second kappa shape index (κ2) is 6.45. The molecule has 1 aromatic heterocycles. The zero-order valence-corrected chi connectivity index (χ0v) is 13.8. The zero-order chi connectivity index (χ0) is 17.3. The van der Waals surface area contributed by atoms with Crippen molar-refractivity contribution in [3.8, 4) is 0 Å². The molecule has 0 unspecified atom stereocenters. The van der Waals surface area contributed by atoms with E-state index in [4.69, 9.17) is 4.52 Å². The van der Waals surface area contributed by atoms with Crippen molar-refractivity contribution < 1.29 is 21.7 Å². The average Bonchev–Trinajstić information content (AvgIpc) is 2.92. The van der Waals surface area contributed by atoms with Gasteiger partial charge in [-0.3, -0.25) is 0 Å². The Hall–Kier alpha value is -2.06. The molecule has 0 saturated carbocycles. The Kier molecular flexibility index (Phi) is 4.51. The van der Waals surface area contributed by atoms with Crippen molar-refractivity contribution in [2.24, 2.45) is 0 Å². The molecule has 5 nitrogen and oxygen atoms in total. The molecule has 0 saturated heterocycles. The molecule has 2 heterocycles. The largest absolute Gasteiger partial charge is 0.360 e. The van der Waals surface area contributed by atoms with Gasteiger partial charge < -0.3 is 4.52 Å². The predicted octanol–water partition coefficient (Wildman–Crippen LogP) is 2.88. The SMILES string of the molecule is Cc1cc(CS(=O)(=O)N2CC=C(c3c(F)cccc3F)CC2)on1. The normalized spacial score (nSPS) is 16.2. The minimum atomic E-state index is -3.58. The van der Waals surface area contributed by atoms with E-state index >= 15 is 0 Å². The molecule has 1 aliphatic heterocycles. The van der Waals surface area contributed by atoms with Crippen molar-refractivity contribution >= 4 is 15.6 Å². The summed E-state index contributed by atoms with van der Waals surface area (Å²) in [5.74, 6) is -1.31. The standard InChI is InChI=1S/C16H16F2N2O3S/c1-11-9-13(23-19-11)10-24(21,22)20-7-5-12(6-8-20)16-14(17)3-2-4-15(16)18/h2-5,9H,6-8,10H2,1H3. The highest BCUT2D eigenvalue weighted by Crippen LogP contribution is 2.28. The zero-order valence-electron chi connectivity index (χ0n) is 13.0. The highest BCUT2D eigenvalue weighted by molar-refractivity contribution is 7.88. The summed E-state index contributed by atoms with van der Waals surface area (Å²) in [6.07, 6.45) is 1.79. The van der Waals surface area contributed by atoms with Gasteiger partial charge in [-0.2, -0.15) is 4.31 Å². The highest BCUT2D eigenvalue weighted by atomic mass is 32.2. The van der Waals surface area contributed by atoms with Crippen LogP contribution in [0.4, 0.5) is 8.78 Å². The Morgan fingerprint density at radius 1 is 1.29 bits per heavy atom. The van der Waals surface area contributed by atoms with Crippen LogP contribution in [-0.2, 0) is 15.8 Å². The van der Waals surface area contributed by atoms with E-state index in [9.17, 15) is 17.2 Å². The first-order valence-corrected chi connectivity index (χ1v) is 9.01. The first kappa shape index (κ1) is 16.8. The number of hydrogen-bond acceptors (Lipinski definition) is 4. The molecule has 0 radical (unpaired) electrons. The van der Waals surface area contributed by atoms with Gasteiger partial charge in [-0.05, 0) is 31.1 Å². The molecular weight excluding hydrogens is 338 g/mol. The molecule has 0 atom stereocenters. The van der Waals surface area contributed by atoms with Crippen molar-refractivity contribution in [3.63, 3.8) is 0 Å². The average molecular weight is 354 g/mol. The lowest BCUT2D eigenvalue weighted by atomic mass is 9.99. The Bertz CT molecular complexity index is 870. The summed E-state index contributed by atoms with van der Waals surface area (Å²) in [4.78, 5) is 0. The van der Waals surface area contributed by atoms with E-state index in [1.54, 1.807) is 19.1 Å². The van der Waals surface area contributed by atoms with E-state index in [0.29, 0.717) is 11.3 Å². The fraction of sp³-hybridized carbons (Fsp3) is 0.312. The lowest BCUT2D eigenvalue weighted by molar-refractivity contribution is 0.382. The third-order valence-electron chi connectivity index (χ3n) is 3.85. The summed E-state index contributed by atoms with van der Waals surface area (Å²) >= 11 is 0. The summed E-state index contributed by atoms with van der Waals surface area (Å²) < 4.78 is 58.7. The molecule has 0 N–H and O–H groups in total. The number of nitrogens with zero attached hydrogens (tertiary/aromatic N) is 2. The maximum absolute atomic E-state index is 13.8. The van der Waals surface area contributed by atoms with Crippen LogP contribution in [-0.4, -0.2) is 31.0 Å². The van der Waals surface area contributed by atoms with Crippen molar-refractivity contribution in [1.82, 2.24) is 9.46 Å². The van der Waals surface area contributed by atoms with Gasteiger partial charge in [0.25, 0.3) is 0 Å². The fourth-order valence-electron chi connectivity index (χ4n) is 2.69. The molecular formula is C16H16F2N2O3S.